The molecule has 0 unspecified atom stereocenters. The van der Waals surface area contributed by atoms with E-state index in [1.807, 2.05) is 37.7 Å². The van der Waals surface area contributed by atoms with Gasteiger partial charge in [-0.25, -0.2) is 9.97 Å². The molecule has 5 rings (SSSR count). The number of aromatic amines is 1. The normalized spacial score (nSPS) is 16.2. The standard InChI is InChI=1S/C21H24N5OPS/c1-21(10-22-11-21)12-24-20-25-15-7-8-29-19(15)18(26-20)14-9-23-17-13(14)5-4-6-16(17)28(2,3)27/h4-9,22-23H,10-12H2,1-3H3,(H,24,25,26). The fourth-order valence-corrected chi connectivity index (χ4v) is 5.88. The third kappa shape index (κ3) is 3.27. The van der Waals surface area contributed by atoms with Crippen LogP contribution in [-0.2, 0) is 4.57 Å². The summed E-state index contributed by atoms with van der Waals surface area (Å²) >= 11 is 1.65. The van der Waals surface area contributed by atoms with E-state index in [0.717, 1.165) is 57.3 Å². The molecule has 0 saturated carbocycles. The highest BCUT2D eigenvalue weighted by atomic mass is 32.1. The maximum absolute atomic E-state index is 12.8. The smallest absolute Gasteiger partial charge is 0.223 e. The van der Waals surface area contributed by atoms with E-state index in [0.29, 0.717) is 5.95 Å². The van der Waals surface area contributed by atoms with Gasteiger partial charge in [-0.2, -0.15) is 0 Å². The lowest BCUT2D eigenvalue weighted by molar-refractivity contribution is 0.214. The Kier molecular flexibility index (Phi) is 4.32. The lowest BCUT2D eigenvalue weighted by Crippen LogP contribution is -2.55. The number of rotatable bonds is 5. The second-order valence-corrected chi connectivity index (χ2v) is 12.7. The molecule has 29 heavy (non-hydrogen) atoms. The summed E-state index contributed by atoms with van der Waals surface area (Å²) in [7, 11) is -2.39. The van der Waals surface area contributed by atoms with Gasteiger partial charge in [-0.15, -0.1) is 11.3 Å². The zero-order valence-corrected chi connectivity index (χ0v) is 18.5. The number of para-hydroxylation sites is 1. The average Bonchev–Trinajstić information content (AvgIpc) is 3.29. The van der Waals surface area contributed by atoms with Crippen molar-refractivity contribution in [1.29, 1.82) is 0 Å². The number of H-pyrrole nitrogens is 1. The topological polar surface area (TPSA) is 82.7 Å². The Morgan fingerprint density at radius 2 is 2.07 bits per heavy atom. The largest absolute Gasteiger partial charge is 0.360 e. The summed E-state index contributed by atoms with van der Waals surface area (Å²) in [6, 6.07) is 8.03. The molecule has 0 spiro atoms. The molecule has 1 aliphatic heterocycles. The van der Waals surface area contributed by atoms with E-state index >= 15 is 0 Å². The number of thiophene rings is 1. The number of nitrogens with zero attached hydrogens (tertiary/aromatic N) is 2. The molecule has 0 bridgehead atoms. The minimum Gasteiger partial charge on any atom is -0.360 e. The number of hydrogen-bond donors (Lipinski definition) is 3. The first-order valence-electron chi connectivity index (χ1n) is 9.70. The van der Waals surface area contributed by atoms with Gasteiger partial charge in [0, 0.05) is 47.5 Å². The maximum atomic E-state index is 12.8. The molecule has 1 saturated heterocycles. The summed E-state index contributed by atoms with van der Waals surface area (Å²) in [5.74, 6) is 0.654. The van der Waals surface area contributed by atoms with Gasteiger partial charge in [0.25, 0.3) is 0 Å². The third-order valence-electron chi connectivity index (χ3n) is 5.61. The molecular weight excluding hydrogens is 401 g/mol. The molecule has 3 N–H and O–H groups in total. The van der Waals surface area contributed by atoms with E-state index in [1.54, 1.807) is 11.3 Å². The first-order valence-corrected chi connectivity index (χ1v) is 13.2. The van der Waals surface area contributed by atoms with E-state index < -0.39 is 7.14 Å². The van der Waals surface area contributed by atoms with E-state index in [2.05, 4.69) is 34.0 Å². The van der Waals surface area contributed by atoms with Crippen LogP contribution in [0.25, 0.3) is 32.4 Å². The number of fused-ring (bicyclic) bond motifs is 2. The Morgan fingerprint density at radius 3 is 2.79 bits per heavy atom. The molecule has 150 valence electrons. The van der Waals surface area contributed by atoms with Crippen molar-refractivity contribution in [3.8, 4) is 11.3 Å². The number of benzene rings is 1. The van der Waals surface area contributed by atoms with Crippen LogP contribution in [0.15, 0.2) is 35.8 Å². The molecule has 4 aromatic rings. The van der Waals surface area contributed by atoms with Gasteiger partial charge in [0.1, 0.15) is 7.14 Å². The highest BCUT2D eigenvalue weighted by Gasteiger charge is 2.31. The van der Waals surface area contributed by atoms with Gasteiger partial charge in [0.2, 0.25) is 5.95 Å². The highest BCUT2D eigenvalue weighted by Crippen LogP contribution is 2.40. The quantitative estimate of drug-likeness (QED) is 0.419. The second-order valence-electron chi connectivity index (χ2n) is 8.55. The third-order valence-corrected chi connectivity index (χ3v) is 8.05. The summed E-state index contributed by atoms with van der Waals surface area (Å²) in [5, 5.41) is 10.7. The van der Waals surface area contributed by atoms with Gasteiger partial charge in [0.05, 0.1) is 21.4 Å². The average molecular weight is 425 g/mol. The number of anilines is 1. The van der Waals surface area contributed by atoms with Crippen molar-refractivity contribution in [2.45, 2.75) is 6.92 Å². The van der Waals surface area contributed by atoms with Gasteiger partial charge < -0.3 is 20.2 Å². The molecule has 6 nitrogen and oxygen atoms in total. The minimum atomic E-state index is -2.39. The van der Waals surface area contributed by atoms with Crippen molar-refractivity contribution in [3.05, 3.63) is 35.8 Å². The molecule has 0 amide bonds. The number of nitrogens with one attached hydrogen (secondary N) is 3. The fourth-order valence-electron chi connectivity index (χ4n) is 3.88. The molecule has 0 radical (unpaired) electrons. The lowest BCUT2D eigenvalue weighted by atomic mass is 9.84. The van der Waals surface area contributed by atoms with Crippen LogP contribution in [-0.4, -0.2) is 47.9 Å². The predicted molar refractivity (Wildman–Crippen MR) is 123 cm³/mol. The Hall–Kier alpha value is -2.21. The van der Waals surface area contributed by atoms with Crippen molar-refractivity contribution < 1.29 is 4.57 Å². The van der Waals surface area contributed by atoms with Gasteiger partial charge in [-0.3, -0.25) is 0 Å². The van der Waals surface area contributed by atoms with Crippen molar-refractivity contribution in [2.75, 3.05) is 38.3 Å². The molecule has 4 heterocycles. The van der Waals surface area contributed by atoms with Gasteiger partial charge in [-0.1, -0.05) is 19.1 Å². The molecule has 3 aromatic heterocycles. The predicted octanol–water partition coefficient (Wildman–Crippen LogP) is 4.11. The van der Waals surface area contributed by atoms with Gasteiger partial charge >= 0.3 is 0 Å². The molecule has 1 fully saturated rings. The van der Waals surface area contributed by atoms with Crippen molar-refractivity contribution >= 4 is 50.9 Å². The Morgan fingerprint density at radius 1 is 1.24 bits per heavy atom. The van der Waals surface area contributed by atoms with Crippen LogP contribution in [0.1, 0.15) is 6.92 Å². The van der Waals surface area contributed by atoms with E-state index in [9.17, 15) is 4.57 Å². The summed E-state index contributed by atoms with van der Waals surface area (Å²) in [6.07, 6.45) is 1.98. The zero-order chi connectivity index (χ0) is 20.2. The molecule has 0 aliphatic carbocycles. The van der Waals surface area contributed by atoms with Crippen LogP contribution >= 0.6 is 18.5 Å². The van der Waals surface area contributed by atoms with Crippen LogP contribution < -0.4 is 15.9 Å². The molecule has 1 aliphatic rings. The Bertz CT molecular complexity index is 1270. The molecular formula is C21H24N5OPS. The minimum absolute atomic E-state index is 0.242. The number of aromatic nitrogens is 3. The Balaban J connectivity index is 1.63. The first-order chi connectivity index (χ1) is 13.8. The summed E-state index contributed by atoms with van der Waals surface area (Å²) in [6.45, 7) is 8.72. The van der Waals surface area contributed by atoms with Crippen LogP contribution in [0.4, 0.5) is 5.95 Å². The monoisotopic (exact) mass is 425 g/mol. The summed E-state index contributed by atoms with van der Waals surface area (Å²) in [4.78, 5) is 13.0. The lowest BCUT2D eigenvalue weighted by Gasteiger charge is -2.39. The molecule has 1 aromatic carbocycles. The van der Waals surface area contributed by atoms with E-state index in [-0.39, 0.29) is 5.41 Å². The van der Waals surface area contributed by atoms with Crippen molar-refractivity contribution in [2.24, 2.45) is 5.41 Å². The van der Waals surface area contributed by atoms with E-state index in [1.165, 1.54) is 0 Å². The van der Waals surface area contributed by atoms with Gasteiger partial charge in [-0.05, 0) is 30.8 Å². The van der Waals surface area contributed by atoms with Crippen LogP contribution in [0, 0.1) is 5.41 Å². The Labute approximate surface area is 173 Å². The van der Waals surface area contributed by atoms with Crippen molar-refractivity contribution in [1.82, 2.24) is 20.3 Å². The SMILES string of the molecule is CC1(CNc2nc(-c3c[nH]c4c(P(C)(C)=O)cccc34)c3sccc3n2)CNC1. The number of hydrogen-bond acceptors (Lipinski definition) is 6. The zero-order valence-electron chi connectivity index (χ0n) is 16.7. The summed E-state index contributed by atoms with van der Waals surface area (Å²) in [5.41, 5.74) is 4.05. The maximum Gasteiger partial charge on any atom is 0.223 e. The van der Waals surface area contributed by atoms with Crippen LogP contribution in [0.2, 0.25) is 0 Å². The van der Waals surface area contributed by atoms with Gasteiger partial charge in [0.15, 0.2) is 0 Å². The highest BCUT2D eigenvalue weighted by molar-refractivity contribution is 7.70. The van der Waals surface area contributed by atoms with Crippen LogP contribution in [0.5, 0.6) is 0 Å². The second kappa shape index (κ2) is 6.66. The van der Waals surface area contributed by atoms with Crippen LogP contribution in [0.3, 0.4) is 0 Å². The summed E-state index contributed by atoms with van der Waals surface area (Å²) < 4.78 is 13.8. The molecule has 8 heteroatoms. The van der Waals surface area contributed by atoms with E-state index in [4.69, 9.17) is 9.97 Å². The van der Waals surface area contributed by atoms with Crippen molar-refractivity contribution in [3.63, 3.8) is 0 Å². The fraction of sp³-hybridized carbons (Fsp3) is 0.333. The first kappa shape index (κ1) is 18.8. The molecule has 0 atom stereocenters.